The molecular formula is C47H38Cl2N2O6. The number of methoxy groups -OCH3 is 1. The van der Waals surface area contributed by atoms with Crippen LogP contribution in [0.1, 0.15) is 65.2 Å². The molecule has 57 heavy (non-hydrogen) atoms. The van der Waals surface area contributed by atoms with Crippen molar-refractivity contribution in [2.45, 2.75) is 38.8 Å². The molecule has 8 nitrogen and oxygen atoms in total. The van der Waals surface area contributed by atoms with Gasteiger partial charge in [0.05, 0.1) is 44.2 Å². The molecular weight excluding hydrogens is 759 g/mol. The summed E-state index contributed by atoms with van der Waals surface area (Å²) in [6.07, 6.45) is 1.78. The molecule has 1 N–H and O–H groups in total. The fraction of sp³-hybridized carbons (Fsp3) is 0.149. The zero-order valence-electron chi connectivity index (χ0n) is 31.1. The summed E-state index contributed by atoms with van der Waals surface area (Å²) in [5.41, 5.74) is 10.2. The molecule has 0 saturated carbocycles. The largest absolute Gasteiger partial charge is 0.478 e. The molecule has 10 heteroatoms. The number of amides is 2. The standard InChI is InChI=1S/C24H20ClNO3.C23H18ClNO3/c1-29-24(28)21-14-20(25)9-8-18(21)11-17-7-10-22-19(12-17)13-23(27)26(22)15-16-5-3-2-4-6-16;24-19-8-7-17(20(13-19)23(27)28)10-16-6-9-21-18(11-16)12-22(26)25(21)14-15-4-2-1-3-5-15/h2-10,12,14H,11,13,15H2,1H3;1-9,11,13H,10,12,14H2,(H,27,28). The van der Waals surface area contributed by atoms with Crippen LogP contribution in [-0.4, -0.2) is 36.0 Å². The Morgan fingerprint density at radius 2 is 1.02 bits per heavy atom. The number of carboxylic acid groups (broad SMARTS) is 1. The fourth-order valence-corrected chi connectivity index (χ4v) is 7.66. The highest BCUT2D eigenvalue weighted by Crippen LogP contribution is 2.34. The number of carbonyl (C=O) groups is 4. The second-order valence-electron chi connectivity index (χ2n) is 14.0. The number of fused-ring (bicyclic) bond motifs is 2. The molecule has 0 atom stereocenters. The van der Waals surface area contributed by atoms with Crippen molar-refractivity contribution in [2.75, 3.05) is 16.9 Å². The molecule has 2 aliphatic rings. The molecule has 0 aliphatic carbocycles. The first-order valence-corrected chi connectivity index (χ1v) is 19.1. The van der Waals surface area contributed by atoms with Crippen molar-refractivity contribution in [1.82, 2.24) is 0 Å². The quantitative estimate of drug-likeness (QED) is 0.139. The van der Waals surface area contributed by atoms with Crippen molar-refractivity contribution in [2.24, 2.45) is 0 Å². The molecule has 0 unspecified atom stereocenters. The summed E-state index contributed by atoms with van der Waals surface area (Å²) < 4.78 is 4.88. The van der Waals surface area contributed by atoms with E-state index < -0.39 is 11.9 Å². The number of aromatic carboxylic acids is 1. The Kier molecular flexibility index (Phi) is 11.8. The number of carboxylic acids is 1. The van der Waals surface area contributed by atoms with Crippen LogP contribution < -0.4 is 9.80 Å². The van der Waals surface area contributed by atoms with Crippen molar-refractivity contribution in [3.63, 3.8) is 0 Å². The first-order chi connectivity index (χ1) is 27.6. The van der Waals surface area contributed by atoms with Crippen molar-refractivity contribution >= 4 is 58.3 Å². The summed E-state index contributed by atoms with van der Waals surface area (Å²) in [6.45, 7) is 1.11. The van der Waals surface area contributed by atoms with Crippen molar-refractivity contribution in [1.29, 1.82) is 0 Å². The average molecular weight is 798 g/mol. The van der Waals surface area contributed by atoms with Crippen LogP contribution in [0, 0.1) is 0 Å². The fourth-order valence-electron chi connectivity index (χ4n) is 7.32. The second kappa shape index (κ2) is 17.3. The molecule has 0 aromatic heterocycles. The van der Waals surface area contributed by atoms with Crippen molar-refractivity contribution in [3.05, 3.63) is 199 Å². The molecule has 8 rings (SSSR count). The van der Waals surface area contributed by atoms with Gasteiger partial charge in [0.15, 0.2) is 0 Å². The maximum atomic E-state index is 12.6. The van der Waals surface area contributed by atoms with Crippen LogP contribution in [0.25, 0.3) is 0 Å². The van der Waals surface area contributed by atoms with E-state index in [0.29, 0.717) is 59.9 Å². The first-order valence-electron chi connectivity index (χ1n) is 18.4. The van der Waals surface area contributed by atoms with Gasteiger partial charge in [0.1, 0.15) is 0 Å². The van der Waals surface area contributed by atoms with E-state index in [1.54, 1.807) is 29.2 Å². The number of benzene rings is 6. The molecule has 6 aromatic carbocycles. The zero-order valence-corrected chi connectivity index (χ0v) is 32.6. The van der Waals surface area contributed by atoms with Gasteiger partial charge in [0.2, 0.25) is 11.8 Å². The normalized spacial score (nSPS) is 12.8. The number of halogens is 2. The van der Waals surface area contributed by atoms with Gasteiger partial charge in [-0.15, -0.1) is 0 Å². The lowest BCUT2D eigenvalue weighted by atomic mass is 9.98. The van der Waals surface area contributed by atoms with E-state index in [2.05, 4.69) is 0 Å². The number of anilines is 2. The lowest BCUT2D eigenvalue weighted by Crippen LogP contribution is -2.25. The van der Waals surface area contributed by atoms with Gasteiger partial charge < -0.3 is 19.6 Å². The van der Waals surface area contributed by atoms with Gasteiger partial charge in [-0.1, -0.05) is 120 Å². The van der Waals surface area contributed by atoms with Gasteiger partial charge in [-0.05, 0) is 93.7 Å². The highest BCUT2D eigenvalue weighted by Gasteiger charge is 2.29. The number of ether oxygens (including phenoxy) is 1. The summed E-state index contributed by atoms with van der Waals surface area (Å²) in [7, 11) is 1.36. The summed E-state index contributed by atoms with van der Waals surface area (Å²) in [5.74, 6) is -1.23. The average Bonchev–Trinajstić information content (AvgIpc) is 3.69. The SMILES string of the molecule is COC(=O)c1cc(Cl)ccc1Cc1ccc2c(c1)CC(=O)N2Cc1ccccc1.O=C(O)c1cc(Cl)ccc1Cc1ccc2c(c1)CC(=O)N2Cc1ccccc1. The van der Waals surface area contributed by atoms with Crippen LogP contribution in [0.3, 0.4) is 0 Å². The van der Waals surface area contributed by atoms with Crippen LogP contribution in [0.2, 0.25) is 10.0 Å². The Labute approximate surface area is 340 Å². The molecule has 0 spiro atoms. The second-order valence-corrected chi connectivity index (χ2v) is 14.8. The van der Waals surface area contributed by atoms with E-state index in [-0.39, 0.29) is 17.4 Å². The van der Waals surface area contributed by atoms with Gasteiger partial charge in [-0.25, -0.2) is 9.59 Å². The minimum atomic E-state index is -0.997. The minimum absolute atomic E-state index is 0.0775. The van der Waals surface area contributed by atoms with E-state index in [9.17, 15) is 24.3 Å². The predicted molar refractivity (Wildman–Crippen MR) is 222 cm³/mol. The molecule has 2 heterocycles. The van der Waals surface area contributed by atoms with E-state index >= 15 is 0 Å². The van der Waals surface area contributed by atoms with Crippen LogP contribution in [0.15, 0.2) is 133 Å². The Bertz CT molecular complexity index is 2490. The Balaban J connectivity index is 0.000000174. The van der Waals surface area contributed by atoms with E-state index in [1.165, 1.54) is 13.2 Å². The minimum Gasteiger partial charge on any atom is -0.478 e. The summed E-state index contributed by atoms with van der Waals surface area (Å²) in [5, 5.41) is 10.3. The number of esters is 1. The maximum absolute atomic E-state index is 12.6. The molecule has 2 aliphatic heterocycles. The lowest BCUT2D eigenvalue weighted by Gasteiger charge is -2.18. The molecule has 0 radical (unpaired) electrons. The van der Waals surface area contributed by atoms with Crippen LogP contribution in [0.5, 0.6) is 0 Å². The van der Waals surface area contributed by atoms with Crippen LogP contribution >= 0.6 is 23.2 Å². The van der Waals surface area contributed by atoms with Crippen molar-refractivity contribution in [3.8, 4) is 0 Å². The summed E-state index contributed by atoms with van der Waals surface area (Å²) in [6, 6.07) is 42.0. The van der Waals surface area contributed by atoms with E-state index in [0.717, 1.165) is 50.3 Å². The molecule has 286 valence electrons. The molecule has 0 saturated heterocycles. The lowest BCUT2D eigenvalue weighted by molar-refractivity contribution is -0.118. The summed E-state index contributed by atoms with van der Waals surface area (Å²) in [4.78, 5) is 52.3. The summed E-state index contributed by atoms with van der Waals surface area (Å²) >= 11 is 12.0. The number of hydrogen-bond acceptors (Lipinski definition) is 5. The number of hydrogen-bond donors (Lipinski definition) is 1. The number of rotatable bonds is 10. The zero-order chi connectivity index (χ0) is 40.1. The Morgan fingerprint density at radius 1 is 0.579 bits per heavy atom. The van der Waals surface area contributed by atoms with E-state index in [1.807, 2.05) is 108 Å². The third-order valence-corrected chi connectivity index (χ3v) is 10.6. The number of nitrogens with zero attached hydrogens (tertiary/aromatic N) is 2. The third kappa shape index (κ3) is 9.10. The van der Waals surface area contributed by atoms with Crippen LogP contribution in [-0.2, 0) is 53.1 Å². The smallest absolute Gasteiger partial charge is 0.338 e. The van der Waals surface area contributed by atoms with Gasteiger partial charge in [-0.2, -0.15) is 0 Å². The first kappa shape index (κ1) is 39.0. The maximum Gasteiger partial charge on any atom is 0.338 e. The third-order valence-electron chi connectivity index (χ3n) is 10.1. The monoisotopic (exact) mass is 796 g/mol. The Hall–Kier alpha value is -6.22. The van der Waals surface area contributed by atoms with E-state index in [4.69, 9.17) is 27.9 Å². The van der Waals surface area contributed by atoms with Crippen LogP contribution in [0.4, 0.5) is 11.4 Å². The number of carbonyl (C=O) groups excluding carboxylic acids is 3. The highest BCUT2D eigenvalue weighted by molar-refractivity contribution is 6.31. The predicted octanol–water partition coefficient (Wildman–Crippen LogP) is 9.53. The van der Waals surface area contributed by atoms with Gasteiger partial charge in [0, 0.05) is 21.4 Å². The van der Waals surface area contributed by atoms with Gasteiger partial charge >= 0.3 is 11.9 Å². The van der Waals surface area contributed by atoms with Gasteiger partial charge in [0.25, 0.3) is 0 Å². The Morgan fingerprint density at radius 3 is 1.46 bits per heavy atom. The van der Waals surface area contributed by atoms with Crippen molar-refractivity contribution < 1.29 is 29.0 Å². The van der Waals surface area contributed by atoms with Gasteiger partial charge in [-0.3, -0.25) is 9.59 Å². The molecule has 2 amide bonds. The molecule has 0 fully saturated rings. The molecule has 0 bridgehead atoms. The topological polar surface area (TPSA) is 104 Å². The highest BCUT2D eigenvalue weighted by atomic mass is 35.5. The molecule has 6 aromatic rings.